The highest BCUT2D eigenvalue weighted by Crippen LogP contribution is 2.30. The van der Waals surface area contributed by atoms with E-state index in [1.165, 1.54) is 64.2 Å². The lowest BCUT2D eigenvalue weighted by atomic mass is 9.82. The molecule has 0 bridgehead atoms. The van der Waals surface area contributed by atoms with Gasteiger partial charge in [0.15, 0.2) is 0 Å². The monoisotopic (exact) mass is 520 g/mol. The number of carbonyl (C=O) groups excluding carboxylic acids is 1. The van der Waals surface area contributed by atoms with Crippen LogP contribution in [-0.4, -0.2) is 19.2 Å². The lowest BCUT2D eigenvalue weighted by molar-refractivity contribution is 0.0734. The molecule has 3 rings (SSSR count). The van der Waals surface area contributed by atoms with Gasteiger partial charge in [-0.15, -0.1) is 0 Å². The Morgan fingerprint density at radius 2 is 1.53 bits per heavy atom. The van der Waals surface area contributed by atoms with E-state index in [4.69, 9.17) is 14.2 Å². The molecule has 0 radical (unpaired) electrons. The average Bonchev–Trinajstić information content (AvgIpc) is 2.95. The molecule has 4 nitrogen and oxygen atoms in total. The van der Waals surface area contributed by atoms with Crippen molar-refractivity contribution in [2.45, 2.75) is 91.4 Å². The molecule has 0 aromatic heterocycles. The third-order valence-electron chi connectivity index (χ3n) is 7.67. The van der Waals surface area contributed by atoms with Gasteiger partial charge in [-0.2, -0.15) is 0 Å². The highest BCUT2D eigenvalue weighted by atomic mass is 16.5. The van der Waals surface area contributed by atoms with Crippen LogP contribution in [-0.2, 0) is 0 Å². The van der Waals surface area contributed by atoms with Crippen molar-refractivity contribution in [2.75, 3.05) is 13.2 Å². The quantitative estimate of drug-likeness (QED) is 0.0957. The van der Waals surface area contributed by atoms with Gasteiger partial charge in [0, 0.05) is 0 Å². The summed E-state index contributed by atoms with van der Waals surface area (Å²) in [6.45, 7) is 8.24. The van der Waals surface area contributed by atoms with Gasteiger partial charge in [0.25, 0.3) is 0 Å². The summed E-state index contributed by atoms with van der Waals surface area (Å²) in [7, 11) is 0. The molecule has 0 amide bonds. The first-order chi connectivity index (χ1) is 18.6. The van der Waals surface area contributed by atoms with Crippen LogP contribution < -0.4 is 14.2 Å². The molecule has 4 heteroatoms. The predicted molar refractivity (Wildman–Crippen MR) is 156 cm³/mol. The summed E-state index contributed by atoms with van der Waals surface area (Å²) < 4.78 is 17.4. The lowest BCUT2D eigenvalue weighted by Gasteiger charge is -2.26. The molecule has 2 aromatic rings. The van der Waals surface area contributed by atoms with Crippen molar-refractivity contribution in [2.24, 2.45) is 17.8 Å². The van der Waals surface area contributed by atoms with Crippen molar-refractivity contribution in [3.8, 4) is 17.2 Å². The molecule has 0 heterocycles. The minimum absolute atomic E-state index is 0.375. The van der Waals surface area contributed by atoms with Gasteiger partial charge in [0.1, 0.15) is 17.2 Å². The first-order valence-electron chi connectivity index (χ1n) is 14.9. The smallest absolute Gasteiger partial charge is 0.343 e. The predicted octanol–water partition coefficient (Wildman–Crippen LogP) is 9.43. The fourth-order valence-corrected chi connectivity index (χ4v) is 4.84. The summed E-state index contributed by atoms with van der Waals surface area (Å²) in [6, 6.07) is 14.5. The van der Waals surface area contributed by atoms with Crippen molar-refractivity contribution in [1.29, 1.82) is 0 Å². The number of esters is 1. The van der Waals surface area contributed by atoms with Crippen LogP contribution in [0.3, 0.4) is 0 Å². The Morgan fingerprint density at radius 3 is 2.21 bits per heavy atom. The summed E-state index contributed by atoms with van der Waals surface area (Å²) in [5, 5.41) is 0. The second kappa shape index (κ2) is 17.0. The molecule has 1 aliphatic carbocycles. The molecule has 1 atom stereocenters. The third-order valence-corrected chi connectivity index (χ3v) is 7.67. The van der Waals surface area contributed by atoms with E-state index in [-0.39, 0.29) is 5.97 Å². The van der Waals surface area contributed by atoms with Crippen molar-refractivity contribution in [3.63, 3.8) is 0 Å². The molecule has 2 aromatic carbocycles. The molecule has 0 spiro atoms. The molecule has 0 unspecified atom stereocenters. The Kier molecular flexibility index (Phi) is 13.3. The topological polar surface area (TPSA) is 44.8 Å². The third kappa shape index (κ3) is 10.9. The maximum Gasteiger partial charge on any atom is 0.343 e. The summed E-state index contributed by atoms with van der Waals surface area (Å²) in [5.74, 6) is 3.91. The summed E-state index contributed by atoms with van der Waals surface area (Å²) in [6.07, 6.45) is 18.2. The van der Waals surface area contributed by atoms with Gasteiger partial charge < -0.3 is 14.2 Å². The first-order valence-corrected chi connectivity index (χ1v) is 14.9. The zero-order valence-electron chi connectivity index (χ0n) is 23.8. The van der Waals surface area contributed by atoms with Gasteiger partial charge in [0.05, 0.1) is 18.8 Å². The number of allylic oxidation sites excluding steroid dienone is 2. The van der Waals surface area contributed by atoms with Crippen LogP contribution in [0.2, 0.25) is 0 Å². The molecule has 0 saturated heterocycles. The van der Waals surface area contributed by atoms with Gasteiger partial charge in [0.2, 0.25) is 0 Å². The molecule has 1 saturated carbocycles. The van der Waals surface area contributed by atoms with Crippen LogP contribution in [0.4, 0.5) is 0 Å². The van der Waals surface area contributed by atoms with Gasteiger partial charge in [-0.3, -0.25) is 0 Å². The Hall–Kier alpha value is -2.75. The van der Waals surface area contributed by atoms with Crippen molar-refractivity contribution in [3.05, 3.63) is 66.2 Å². The average molecular weight is 521 g/mol. The van der Waals surface area contributed by atoms with E-state index in [0.717, 1.165) is 36.4 Å². The number of hydrogen-bond donors (Lipinski definition) is 0. The second-order valence-corrected chi connectivity index (χ2v) is 10.9. The van der Waals surface area contributed by atoms with E-state index in [0.29, 0.717) is 23.8 Å². The van der Waals surface area contributed by atoms with Crippen LogP contribution in [0.1, 0.15) is 102 Å². The minimum atomic E-state index is -0.375. The highest BCUT2D eigenvalue weighted by molar-refractivity contribution is 5.91. The lowest BCUT2D eigenvalue weighted by Crippen LogP contribution is -2.19. The van der Waals surface area contributed by atoms with E-state index in [9.17, 15) is 4.79 Å². The maximum absolute atomic E-state index is 12.6. The molecule has 0 N–H and O–H groups in total. The Labute approximate surface area is 230 Å². The van der Waals surface area contributed by atoms with E-state index in [1.807, 2.05) is 24.3 Å². The van der Waals surface area contributed by atoms with Gasteiger partial charge in [-0.05, 0) is 105 Å². The molecule has 0 aliphatic heterocycles. The molecular formula is C34H48O4. The largest absolute Gasteiger partial charge is 0.494 e. The Bertz CT molecular complexity index is 939. The SMILES string of the molecule is CCC/C=C\C1CCC(COc2ccc(OC(=O)c3ccc(OCCCCC[C@@H](C)CC)cc3)cc2)CC1. The molecule has 208 valence electrons. The second-order valence-electron chi connectivity index (χ2n) is 10.9. The Balaban J connectivity index is 1.33. The van der Waals surface area contributed by atoms with Crippen LogP contribution >= 0.6 is 0 Å². The number of carbonyl (C=O) groups is 1. The van der Waals surface area contributed by atoms with E-state index < -0.39 is 0 Å². The Morgan fingerprint density at radius 1 is 0.868 bits per heavy atom. The minimum Gasteiger partial charge on any atom is -0.494 e. The number of benzene rings is 2. The summed E-state index contributed by atoms with van der Waals surface area (Å²) >= 11 is 0. The maximum atomic E-state index is 12.6. The van der Waals surface area contributed by atoms with Gasteiger partial charge >= 0.3 is 5.97 Å². The van der Waals surface area contributed by atoms with Crippen molar-refractivity contribution >= 4 is 5.97 Å². The number of hydrogen-bond acceptors (Lipinski definition) is 4. The van der Waals surface area contributed by atoms with Gasteiger partial charge in [-0.25, -0.2) is 4.79 Å². The van der Waals surface area contributed by atoms with Crippen LogP contribution in [0.25, 0.3) is 0 Å². The van der Waals surface area contributed by atoms with Crippen molar-refractivity contribution < 1.29 is 19.0 Å². The zero-order chi connectivity index (χ0) is 27.0. The number of unbranched alkanes of at least 4 members (excludes halogenated alkanes) is 3. The molecule has 38 heavy (non-hydrogen) atoms. The van der Waals surface area contributed by atoms with Crippen molar-refractivity contribution in [1.82, 2.24) is 0 Å². The summed E-state index contributed by atoms with van der Waals surface area (Å²) in [5.41, 5.74) is 0.506. The normalized spacial score (nSPS) is 18.3. The zero-order valence-corrected chi connectivity index (χ0v) is 23.8. The standard InChI is InChI=1S/C34H48O4/c1-4-6-8-12-28-13-15-29(16-14-28)26-37-32-21-23-33(24-22-32)38-34(35)30-17-19-31(20-18-30)36-25-10-7-9-11-27(3)5-2/h8,12,17-24,27-29H,4-7,9-11,13-16,25-26H2,1-3H3/b12-8-/t27-,28?,29?/m0/s1. The fraction of sp³-hybridized carbons (Fsp3) is 0.559. The molecule has 1 aliphatic rings. The molecular weight excluding hydrogens is 472 g/mol. The number of ether oxygens (including phenoxy) is 3. The van der Waals surface area contributed by atoms with Crippen LogP contribution in [0.15, 0.2) is 60.7 Å². The van der Waals surface area contributed by atoms with Gasteiger partial charge in [-0.1, -0.05) is 65.0 Å². The molecule has 1 fully saturated rings. The van der Waals surface area contributed by atoms with E-state index >= 15 is 0 Å². The van der Waals surface area contributed by atoms with Crippen LogP contribution in [0, 0.1) is 17.8 Å². The summed E-state index contributed by atoms with van der Waals surface area (Å²) in [4.78, 5) is 12.6. The van der Waals surface area contributed by atoms with E-state index in [1.54, 1.807) is 24.3 Å². The number of rotatable bonds is 16. The fourth-order valence-electron chi connectivity index (χ4n) is 4.84. The first kappa shape index (κ1) is 29.8. The van der Waals surface area contributed by atoms with E-state index in [2.05, 4.69) is 32.9 Å². The highest BCUT2D eigenvalue weighted by Gasteiger charge is 2.20. The van der Waals surface area contributed by atoms with Crippen LogP contribution in [0.5, 0.6) is 17.2 Å².